The van der Waals surface area contributed by atoms with Gasteiger partial charge in [-0.3, -0.25) is 4.79 Å². The van der Waals surface area contributed by atoms with Crippen molar-refractivity contribution < 1.29 is 28.5 Å². The number of carbonyl (C=O) groups is 2. The van der Waals surface area contributed by atoms with Crippen LogP contribution in [0.5, 0.6) is 17.2 Å². The second-order valence-electron chi connectivity index (χ2n) is 7.51. The number of Topliss-reactive ketones (excluding diaryl/α,β-unsaturated/α-hetero) is 1. The molecule has 3 rings (SSSR count). The summed E-state index contributed by atoms with van der Waals surface area (Å²) in [5.74, 6) is 0.768. The summed E-state index contributed by atoms with van der Waals surface area (Å²) in [6.07, 6.45) is 0. The van der Waals surface area contributed by atoms with E-state index in [0.29, 0.717) is 36.0 Å². The summed E-state index contributed by atoms with van der Waals surface area (Å²) in [7, 11) is 0. The number of ketones is 1. The molecule has 0 N–H and O–H groups in total. The van der Waals surface area contributed by atoms with Crippen molar-refractivity contribution in [2.24, 2.45) is 0 Å². The van der Waals surface area contributed by atoms with Crippen LogP contribution in [0.4, 0.5) is 0 Å². The van der Waals surface area contributed by atoms with Gasteiger partial charge in [-0.2, -0.15) is 0 Å². The number of benzene rings is 2. The third kappa shape index (κ3) is 5.03. The zero-order valence-corrected chi connectivity index (χ0v) is 16.3. The molecule has 0 aromatic heterocycles. The Morgan fingerprint density at radius 1 is 0.929 bits per heavy atom. The molecule has 0 aliphatic carbocycles. The van der Waals surface area contributed by atoms with Crippen LogP contribution in [0.1, 0.15) is 36.7 Å². The summed E-state index contributed by atoms with van der Waals surface area (Å²) >= 11 is 0. The minimum atomic E-state index is -0.606. The maximum Gasteiger partial charge on any atom is 0.344 e. The van der Waals surface area contributed by atoms with Crippen LogP contribution in [0.2, 0.25) is 0 Å². The zero-order chi connectivity index (χ0) is 20.1. The third-order valence-electron chi connectivity index (χ3n) is 4.31. The van der Waals surface area contributed by atoms with Crippen molar-refractivity contribution in [3.8, 4) is 17.2 Å². The van der Waals surface area contributed by atoms with Crippen LogP contribution in [0.15, 0.2) is 42.5 Å². The molecule has 28 heavy (non-hydrogen) atoms. The molecule has 1 aliphatic rings. The third-order valence-corrected chi connectivity index (χ3v) is 4.31. The number of ether oxygens (including phenoxy) is 4. The van der Waals surface area contributed by atoms with Gasteiger partial charge in [0.15, 0.2) is 30.5 Å². The lowest BCUT2D eigenvalue weighted by Crippen LogP contribution is -2.20. The molecule has 148 valence electrons. The summed E-state index contributed by atoms with van der Waals surface area (Å²) in [5.41, 5.74) is 1.62. The highest BCUT2D eigenvalue weighted by atomic mass is 16.6. The van der Waals surface area contributed by atoms with Gasteiger partial charge in [0, 0.05) is 5.56 Å². The maximum atomic E-state index is 12.2. The van der Waals surface area contributed by atoms with Crippen LogP contribution in [0, 0.1) is 0 Å². The van der Waals surface area contributed by atoms with E-state index in [4.69, 9.17) is 18.9 Å². The number of esters is 1. The minimum absolute atomic E-state index is 0.0473. The van der Waals surface area contributed by atoms with Crippen LogP contribution in [-0.2, 0) is 14.9 Å². The van der Waals surface area contributed by atoms with Crippen molar-refractivity contribution in [2.45, 2.75) is 26.2 Å². The zero-order valence-electron chi connectivity index (χ0n) is 16.3. The molecule has 0 amide bonds. The monoisotopic (exact) mass is 384 g/mol. The van der Waals surface area contributed by atoms with Crippen LogP contribution in [-0.4, -0.2) is 38.2 Å². The lowest BCUT2D eigenvalue weighted by Gasteiger charge is -2.19. The number of fused-ring (bicyclic) bond motifs is 1. The van der Waals surface area contributed by atoms with Gasteiger partial charge in [-0.25, -0.2) is 4.79 Å². The van der Waals surface area contributed by atoms with Gasteiger partial charge in [-0.05, 0) is 41.3 Å². The molecule has 0 saturated carbocycles. The fourth-order valence-corrected chi connectivity index (χ4v) is 2.68. The number of hydrogen-bond donors (Lipinski definition) is 0. The van der Waals surface area contributed by atoms with Gasteiger partial charge in [0.1, 0.15) is 19.0 Å². The van der Waals surface area contributed by atoms with E-state index >= 15 is 0 Å². The van der Waals surface area contributed by atoms with Crippen molar-refractivity contribution >= 4 is 11.8 Å². The molecule has 6 nitrogen and oxygen atoms in total. The predicted molar refractivity (Wildman–Crippen MR) is 103 cm³/mol. The quantitative estimate of drug-likeness (QED) is 0.560. The molecule has 0 bridgehead atoms. The predicted octanol–water partition coefficient (Wildman–Crippen LogP) is 3.56. The Morgan fingerprint density at radius 3 is 2.29 bits per heavy atom. The molecular weight excluding hydrogens is 360 g/mol. The van der Waals surface area contributed by atoms with Crippen LogP contribution >= 0.6 is 0 Å². The van der Waals surface area contributed by atoms with Gasteiger partial charge in [-0.1, -0.05) is 32.9 Å². The van der Waals surface area contributed by atoms with Gasteiger partial charge in [0.05, 0.1) is 0 Å². The Labute approximate surface area is 164 Å². The molecule has 2 aromatic rings. The summed E-state index contributed by atoms with van der Waals surface area (Å²) in [4.78, 5) is 24.1. The van der Waals surface area contributed by atoms with Gasteiger partial charge in [-0.15, -0.1) is 0 Å². The highest BCUT2D eigenvalue weighted by molar-refractivity contribution is 5.98. The van der Waals surface area contributed by atoms with Crippen molar-refractivity contribution in [3.05, 3.63) is 53.6 Å². The molecule has 2 aromatic carbocycles. The number of hydrogen-bond acceptors (Lipinski definition) is 6. The minimum Gasteiger partial charge on any atom is -0.486 e. The van der Waals surface area contributed by atoms with Gasteiger partial charge < -0.3 is 18.9 Å². The Balaban J connectivity index is 1.47. The molecule has 0 unspecified atom stereocenters. The molecule has 0 atom stereocenters. The first-order chi connectivity index (χ1) is 13.3. The van der Waals surface area contributed by atoms with Crippen LogP contribution in [0.25, 0.3) is 0 Å². The average molecular weight is 384 g/mol. The number of rotatable bonds is 6. The van der Waals surface area contributed by atoms with E-state index < -0.39 is 5.97 Å². The SMILES string of the molecule is CC(C)(C)c1ccc(OCC(=O)OCC(=O)c2ccc3c(c2)OCCO3)cc1. The van der Waals surface area contributed by atoms with Crippen LogP contribution < -0.4 is 14.2 Å². The van der Waals surface area contributed by atoms with E-state index in [1.54, 1.807) is 18.2 Å². The topological polar surface area (TPSA) is 71.1 Å². The normalized spacial score (nSPS) is 13.0. The second kappa shape index (κ2) is 8.33. The van der Waals surface area contributed by atoms with Crippen molar-refractivity contribution in [2.75, 3.05) is 26.4 Å². The smallest absolute Gasteiger partial charge is 0.344 e. The van der Waals surface area contributed by atoms with E-state index in [2.05, 4.69) is 20.8 Å². The fourth-order valence-electron chi connectivity index (χ4n) is 2.68. The van der Waals surface area contributed by atoms with E-state index in [9.17, 15) is 9.59 Å². The van der Waals surface area contributed by atoms with Gasteiger partial charge in [0.25, 0.3) is 0 Å². The van der Waals surface area contributed by atoms with Gasteiger partial charge in [0.2, 0.25) is 0 Å². The Bertz CT molecular complexity index is 848. The summed E-state index contributed by atoms with van der Waals surface area (Å²) in [6, 6.07) is 12.4. The van der Waals surface area contributed by atoms with Crippen molar-refractivity contribution in [1.82, 2.24) is 0 Å². The molecular formula is C22H24O6. The van der Waals surface area contributed by atoms with Gasteiger partial charge >= 0.3 is 5.97 Å². The van der Waals surface area contributed by atoms with E-state index in [1.165, 1.54) is 5.56 Å². The van der Waals surface area contributed by atoms with Crippen LogP contribution in [0.3, 0.4) is 0 Å². The lowest BCUT2D eigenvalue weighted by molar-refractivity contribution is -0.144. The number of carbonyl (C=O) groups excluding carboxylic acids is 2. The molecule has 0 spiro atoms. The Hall–Kier alpha value is -3.02. The first-order valence-electron chi connectivity index (χ1n) is 9.15. The van der Waals surface area contributed by atoms with E-state index in [1.807, 2.05) is 24.3 Å². The van der Waals surface area contributed by atoms with Crippen molar-refractivity contribution in [1.29, 1.82) is 0 Å². The molecule has 1 aliphatic heterocycles. The fraction of sp³-hybridized carbons (Fsp3) is 0.364. The van der Waals surface area contributed by atoms with Crippen molar-refractivity contribution in [3.63, 3.8) is 0 Å². The molecule has 0 fully saturated rings. The molecule has 6 heteroatoms. The average Bonchev–Trinajstić information content (AvgIpc) is 2.69. The Morgan fingerprint density at radius 2 is 1.61 bits per heavy atom. The van der Waals surface area contributed by atoms with E-state index in [-0.39, 0.29) is 24.4 Å². The summed E-state index contributed by atoms with van der Waals surface area (Å²) < 4.78 is 21.3. The summed E-state index contributed by atoms with van der Waals surface area (Å²) in [6.45, 7) is 6.68. The summed E-state index contributed by atoms with van der Waals surface area (Å²) in [5, 5.41) is 0. The highest BCUT2D eigenvalue weighted by Gasteiger charge is 2.17. The molecule has 0 radical (unpaired) electrons. The maximum absolute atomic E-state index is 12.2. The largest absolute Gasteiger partial charge is 0.486 e. The first kappa shape index (κ1) is 19.7. The second-order valence-corrected chi connectivity index (χ2v) is 7.51. The Kier molecular flexibility index (Phi) is 5.87. The molecule has 1 heterocycles. The first-order valence-corrected chi connectivity index (χ1v) is 9.15. The highest BCUT2D eigenvalue weighted by Crippen LogP contribution is 2.30. The standard InChI is InChI=1S/C22H24O6/c1-22(2,3)16-5-7-17(8-6-16)27-14-21(24)28-13-18(23)15-4-9-19-20(12-15)26-11-10-25-19/h4-9,12H,10-11,13-14H2,1-3H3. The van der Waals surface area contributed by atoms with E-state index in [0.717, 1.165) is 0 Å². The molecule has 0 saturated heterocycles. The lowest BCUT2D eigenvalue weighted by atomic mass is 9.87.